The lowest BCUT2D eigenvalue weighted by Gasteiger charge is -2.14. The van der Waals surface area contributed by atoms with Crippen LogP contribution in [0.25, 0.3) is 0 Å². The fourth-order valence-corrected chi connectivity index (χ4v) is 0.500. The zero-order valence-corrected chi connectivity index (χ0v) is 7.37. The largest absolute Gasteiger partial charge is 0.277 e. The molecule has 62 valence electrons. The molecule has 11 heavy (non-hydrogen) atoms. The van der Waals surface area contributed by atoms with Gasteiger partial charge >= 0.3 is 0 Å². The minimum absolute atomic E-state index is 0.825. The third-order valence-corrected chi connectivity index (χ3v) is 1.27. The maximum atomic E-state index is 4.90. The average molecular weight is 153 g/mol. The van der Waals surface area contributed by atoms with Crippen LogP contribution in [0.1, 0.15) is 6.92 Å². The Kier molecular flexibility index (Phi) is 5.21. The van der Waals surface area contributed by atoms with Gasteiger partial charge in [0.15, 0.2) is 0 Å². The fraction of sp³-hybridized carbons (Fsp3) is 0.333. The van der Waals surface area contributed by atoms with Gasteiger partial charge in [0.05, 0.1) is 12.8 Å². The molecule has 0 aliphatic carbocycles. The van der Waals surface area contributed by atoms with E-state index in [1.54, 1.807) is 12.2 Å². The summed E-state index contributed by atoms with van der Waals surface area (Å²) in [6.07, 6.45) is 7.69. The van der Waals surface area contributed by atoms with E-state index in [4.69, 9.17) is 4.84 Å². The van der Waals surface area contributed by atoms with Crippen LogP contribution >= 0.6 is 0 Å². The second-order valence-corrected chi connectivity index (χ2v) is 2.06. The normalized spacial score (nSPS) is 11.2. The molecule has 0 bridgehead atoms. The summed E-state index contributed by atoms with van der Waals surface area (Å²) in [5.74, 6) is 0. The van der Waals surface area contributed by atoms with Gasteiger partial charge in [0.25, 0.3) is 0 Å². The van der Waals surface area contributed by atoms with Crippen LogP contribution in [0.3, 0.4) is 0 Å². The number of hydroxylamine groups is 2. The van der Waals surface area contributed by atoms with Gasteiger partial charge < -0.3 is 0 Å². The average Bonchev–Trinajstić information content (AvgIpc) is 2.03. The molecule has 0 atom stereocenters. The van der Waals surface area contributed by atoms with Crippen LogP contribution in [-0.4, -0.2) is 19.2 Å². The van der Waals surface area contributed by atoms with Gasteiger partial charge in [0, 0.05) is 7.05 Å². The molecule has 0 saturated heterocycles. The van der Waals surface area contributed by atoms with Gasteiger partial charge in [-0.25, -0.2) is 0 Å². The Balaban J connectivity index is 3.86. The van der Waals surface area contributed by atoms with Crippen molar-refractivity contribution in [3.8, 4) is 0 Å². The van der Waals surface area contributed by atoms with Crippen molar-refractivity contribution in [2.45, 2.75) is 6.92 Å². The number of hydrogen-bond donors (Lipinski definition) is 0. The first kappa shape index (κ1) is 9.98. The Morgan fingerprint density at radius 1 is 1.45 bits per heavy atom. The van der Waals surface area contributed by atoms with Crippen molar-refractivity contribution < 1.29 is 4.84 Å². The summed E-state index contributed by atoms with van der Waals surface area (Å²) in [6.45, 7) is 5.74. The molecule has 0 N–H and O–H groups in total. The van der Waals surface area contributed by atoms with Crippen LogP contribution in [0.2, 0.25) is 0 Å². The molecule has 0 aromatic rings. The lowest BCUT2D eigenvalue weighted by molar-refractivity contribution is -0.0731. The summed E-state index contributed by atoms with van der Waals surface area (Å²) in [7, 11) is 3.41. The van der Waals surface area contributed by atoms with Gasteiger partial charge in [-0.2, -0.15) is 0 Å². The van der Waals surface area contributed by atoms with E-state index in [1.807, 2.05) is 38.3 Å². The molecule has 0 radical (unpaired) electrons. The van der Waals surface area contributed by atoms with Crippen LogP contribution in [0.5, 0.6) is 0 Å². The highest BCUT2D eigenvalue weighted by atomic mass is 16.7. The van der Waals surface area contributed by atoms with Gasteiger partial charge in [-0.05, 0) is 13.0 Å². The SMILES string of the molecule is C=C(/C=C\C=C/C)N(C)OC. The molecule has 2 heteroatoms. The van der Waals surface area contributed by atoms with Crippen molar-refractivity contribution in [1.82, 2.24) is 5.06 Å². The van der Waals surface area contributed by atoms with Gasteiger partial charge in [0.2, 0.25) is 0 Å². The molecule has 0 spiro atoms. The summed E-state index contributed by atoms with van der Waals surface area (Å²) in [6, 6.07) is 0. The van der Waals surface area contributed by atoms with E-state index in [2.05, 4.69) is 6.58 Å². The van der Waals surface area contributed by atoms with Crippen LogP contribution in [0, 0.1) is 0 Å². The maximum absolute atomic E-state index is 4.90. The zero-order valence-electron chi connectivity index (χ0n) is 7.37. The standard InChI is InChI=1S/C9H15NO/c1-5-6-7-8-9(2)10(3)11-4/h5-8H,2H2,1,3-4H3/b6-5-,8-7-. The van der Waals surface area contributed by atoms with E-state index in [0.29, 0.717) is 0 Å². The number of rotatable bonds is 4. The number of allylic oxidation sites excluding steroid dienone is 4. The van der Waals surface area contributed by atoms with E-state index in [1.165, 1.54) is 0 Å². The van der Waals surface area contributed by atoms with Crippen molar-refractivity contribution in [1.29, 1.82) is 0 Å². The Hall–Kier alpha value is -1.02. The Bertz CT molecular complexity index is 170. The quantitative estimate of drug-likeness (QED) is 0.453. The second-order valence-electron chi connectivity index (χ2n) is 2.06. The minimum Gasteiger partial charge on any atom is -0.277 e. The molecule has 0 fully saturated rings. The van der Waals surface area contributed by atoms with Crippen molar-refractivity contribution in [3.05, 3.63) is 36.6 Å². The lowest BCUT2D eigenvalue weighted by Crippen LogP contribution is -2.13. The highest BCUT2D eigenvalue weighted by molar-refractivity contribution is 5.16. The second kappa shape index (κ2) is 5.74. The Morgan fingerprint density at radius 3 is 2.55 bits per heavy atom. The van der Waals surface area contributed by atoms with Gasteiger partial charge in [-0.1, -0.05) is 24.8 Å². The highest BCUT2D eigenvalue weighted by Gasteiger charge is 1.92. The molecule has 2 nitrogen and oxygen atoms in total. The Morgan fingerprint density at radius 2 is 2.09 bits per heavy atom. The van der Waals surface area contributed by atoms with Crippen molar-refractivity contribution >= 4 is 0 Å². The predicted octanol–water partition coefficient (Wildman–Crippen LogP) is 2.13. The molecule has 0 aliphatic heterocycles. The van der Waals surface area contributed by atoms with E-state index < -0.39 is 0 Å². The summed E-state index contributed by atoms with van der Waals surface area (Å²) in [5, 5.41) is 1.60. The number of likely N-dealkylation sites (N-methyl/N-ethyl adjacent to an activating group) is 1. The number of nitrogens with zero attached hydrogens (tertiary/aromatic N) is 1. The molecule has 0 heterocycles. The Labute approximate surface area is 68.4 Å². The van der Waals surface area contributed by atoms with Crippen LogP contribution in [0.15, 0.2) is 36.6 Å². The smallest absolute Gasteiger partial charge is 0.0638 e. The van der Waals surface area contributed by atoms with E-state index in [9.17, 15) is 0 Å². The number of hydrogen-bond acceptors (Lipinski definition) is 2. The van der Waals surface area contributed by atoms with Gasteiger partial charge in [-0.3, -0.25) is 9.90 Å². The monoisotopic (exact) mass is 153 g/mol. The minimum atomic E-state index is 0.825. The van der Waals surface area contributed by atoms with E-state index >= 15 is 0 Å². The fourth-order valence-electron chi connectivity index (χ4n) is 0.500. The third-order valence-electron chi connectivity index (χ3n) is 1.27. The summed E-state index contributed by atoms with van der Waals surface area (Å²) < 4.78 is 0. The highest BCUT2D eigenvalue weighted by Crippen LogP contribution is 1.98. The topological polar surface area (TPSA) is 12.5 Å². The molecule has 0 amide bonds. The van der Waals surface area contributed by atoms with E-state index in [-0.39, 0.29) is 0 Å². The molecule has 0 rings (SSSR count). The first-order valence-corrected chi connectivity index (χ1v) is 3.48. The molecule has 0 aromatic heterocycles. The summed E-state index contributed by atoms with van der Waals surface area (Å²) in [5.41, 5.74) is 0.825. The molecule has 0 unspecified atom stereocenters. The van der Waals surface area contributed by atoms with Gasteiger partial charge in [0.1, 0.15) is 0 Å². The maximum Gasteiger partial charge on any atom is 0.0638 e. The van der Waals surface area contributed by atoms with Crippen molar-refractivity contribution in [3.63, 3.8) is 0 Å². The summed E-state index contributed by atoms with van der Waals surface area (Å²) in [4.78, 5) is 4.90. The molecule has 0 saturated carbocycles. The van der Waals surface area contributed by atoms with Crippen molar-refractivity contribution in [2.24, 2.45) is 0 Å². The van der Waals surface area contributed by atoms with Crippen molar-refractivity contribution in [2.75, 3.05) is 14.2 Å². The zero-order chi connectivity index (χ0) is 8.69. The lowest BCUT2D eigenvalue weighted by atomic mass is 10.4. The van der Waals surface area contributed by atoms with Gasteiger partial charge in [-0.15, -0.1) is 0 Å². The van der Waals surface area contributed by atoms with Crippen LogP contribution < -0.4 is 0 Å². The molecular formula is C9H15NO. The van der Waals surface area contributed by atoms with Crippen LogP contribution in [0.4, 0.5) is 0 Å². The third kappa shape index (κ3) is 4.39. The molecular weight excluding hydrogens is 138 g/mol. The van der Waals surface area contributed by atoms with Crippen LogP contribution in [-0.2, 0) is 4.84 Å². The predicted molar refractivity (Wildman–Crippen MR) is 47.9 cm³/mol. The van der Waals surface area contributed by atoms with E-state index in [0.717, 1.165) is 5.70 Å². The molecule has 0 aliphatic rings. The first-order chi connectivity index (χ1) is 5.22. The molecule has 0 aromatic carbocycles. The summed E-state index contributed by atoms with van der Waals surface area (Å²) >= 11 is 0. The first-order valence-electron chi connectivity index (χ1n) is 3.48.